The molecule has 0 saturated heterocycles. The van der Waals surface area contributed by atoms with Crippen LogP contribution in [-0.4, -0.2) is 0 Å². The molecular weight excluding hydrogens is 173 g/mol. The summed E-state index contributed by atoms with van der Waals surface area (Å²) >= 11 is 0. The van der Waals surface area contributed by atoms with Crippen molar-refractivity contribution in [3.05, 3.63) is 49.1 Å². The van der Waals surface area contributed by atoms with Gasteiger partial charge in [0.25, 0.3) is 0 Å². The molecule has 0 aliphatic rings. The molecule has 0 spiro atoms. The maximum atomic E-state index is 3.36. The van der Waals surface area contributed by atoms with Gasteiger partial charge >= 0.3 is 0 Å². The Morgan fingerprint density at radius 2 is 1.60 bits per heavy atom. The smallest absolute Gasteiger partial charge is 0 e. The number of rotatable bonds is 0. The predicted octanol–water partition coefficient (Wildman–Crippen LogP) is 2.68. The molecular formula is C9H11Zn-. The Balaban J connectivity index is 0. The van der Waals surface area contributed by atoms with E-state index in [1.165, 1.54) is 0 Å². The van der Waals surface area contributed by atoms with Gasteiger partial charge in [-0.05, 0) is 6.92 Å². The van der Waals surface area contributed by atoms with E-state index < -0.39 is 0 Å². The fraction of sp³-hybridized carbons (Fsp3) is 0.111. The van der Waals surface area contributed by atoms with Gasteiger partial charge in [0, 0.05) is 19.5 Å². The maximum absolute atomic E-state index is 3.36. The molecule has 0 unspecified atom stereocenters. The van der Waals surface area contributed by atoms with E-state index in [-0.39, 0.29) is 19.5 Å². The van der Waals surface area contributed by atoms with Crippen LogP contribution in [0.25, 0.3) is 0 Å². The van der Waals surface area contributed by atoms with E-state index in [0.29, 0.717) is 0 Å². The first-order valence-corrected chi connectivity index (χ1v) is 2.90. The van der Waals surface area contributed by atoms with Gasteiger partial charge in [-0.3, -0.25) is 0 Å². The summed E-state index contributed by atoms with van der Waals surface area (Å²) in [6.07, 6.45) is 1.75. The molecule has 10 heavy (non-hydrogen) atoms. The third-order valence-electron chi connectivity index (χ3n) is 0.607. The first-order chi connectivity index (χ1) is 4.41. The zero-order valence-electron chi connectivity index (χ0n) is 6.38. The van der Waals surface area contributed by atoms with Gasteiger partial charge < -0.3 is 0 Å². The van der Waals surface area contributed by atoms with Crippen LogP contribution >= 0.6 is 0 Å². The Morgan fingerprint density at radius 1 is 1.20 bits per heavy atom. The summed E-state index contributed by atoms with van der Waals surface area (Å²) in [6, 6.07) is 12.5. The molecule has 0 bridgehead atoms. The molecule has 1 aromatic carbocycles. The third kappa shape index (κ3) is 10.5. The number of hydrogen-bond acceptors (Lipinski definition) is 0. The Morgan fingerprint density at radius 3 is 1.70 bits per heavy atom. The van der Waals surface area contributed by atoms with E-state index in [1.54, 1.807) is 6.08 Å². The average molecular weight is 185 g/mol. The molecule has 0 heterocycles. The molecule has 0 N–H and O–H groups in total. The minimum Gasteiger partial charge on any atom is -0.184 e. The second kappa shape index (κ2) is 11.4. The topological polar surface area (TPSA) is 0 Å². The van der Waals surface area contributed by atoms with E-state index in [4.69, 9.17) is 0 Å². The van der Waals surface area contributed by atoms with Crippen molar-refractivity contribution in [1.82, 2.24) is 0 Å². The predicted molar refractivity (Wildman–Crippen MR) is 41.1 cm³/mol. The number of allylic oxidation sites excluding steroid dienone is 1. The zero-order chi connectivity index (χ0) is 6.95. The van der Waals surface area contributed by atoms with E-state index in [0.717, 1.165) is 0 Å². The summed E-state index contributed by atoms with van der Waals surface area (Å²) in [6.45, 7) is 5.25. The minimum absolute atomic E-state index is 0. The molecule has 0 aromatic heterocycles. The third-order valence-corrected chi connectivity index (χ3v) is 0.607. The van der Waals surface area contributed by atoms with Crippen LogP contribution in [0.4, 0.5) is 0 Å². The van der Waals surface area contributed by atoms with Crippen LogP contribution in [0.2, 0.25) is 0 Å². The SMILES string of the molecule is C=CC.[Zn].[c-]1ccccc1. The Hall–Kier alpha value is -0.417. The summed E-state index contributed by atoms with van der Waals surface area (Å²) in [5.41, 5.74) is 0. The molecule has 0 radical (unpaired) electrons. The van der Waals surface area contributed by atoms with Gasteiger partial charge in [0.2, 0.25) is 0 Å². The van der Waals surface area contributed by atoms with E-state index in [9.17, 15) is 0 Å². The van der Waals surface area contributed by atoms with Crippen LogP contribution < -0.4 is 0 Å². The molecule has 0 aliphatic heterocycles. The van der Waals surface area contributed by atoms with Crippen molar-refractivity contribution in [2.75, 3.05) is 0 Å². The largest absolute Gasteiger partial charge is 0.184 e. The minimum atomic E-state index is 0. The second-order valence-electron chi connectivity index (χ2n) is 1.49. The van der Waals surface area contributed by atoms with Crippen LogP contribution in [0.5, 0.6) is 0 Å². The van der Waals surface area contributed by atoms with Crippen molar-refractivity contribution in [3.8, 4) is 0 Å². The molecule has 0 nitrogen and oxygen atoms in total. The summed E-state index contributed by atoms with van der Waals surface area (Å²) in [5.74, 6) is 0. The van der Waals surface area contributed by atoms with Gasteiger partial charge in [0.15, 0.2) is 0 Å². The fourth-order valence-corrected chi connectivity index (χ4v) is 0.342. The first kappa shape index (κ1) is 12.3. The van der Waals surface area contributed by atoms with Crippen molar-refractivity contribution >= 4 is 0 Å². The first-order valence-electron chi connectivity index (χ1n) is 2.90. The Labute approximate surface area is 75.7 Å². The van der Waals surface area contributed by atoms with Crippen LogP contribution in [-0.2, 0) is 19.5 Å². The molecule has 0 aliphatic carbocycles. The molecule has 0 amide bonds. The summed E-state index contributed by atoms with van der Waals surface area (Å²) in [5, 5.41) is 0. The molecule has 0 saturated carbocycles. The number of benzene rings is 1. The Bertz CT molecular complexity index is 108. The van der Waals surface area contributed by atoms with Gasteiger partial charge in [-0.25, -0.2) is 0 Å². The summed E-state index contributed by atoms with van der Waals surface area (Å²) < 4.78 is 0. The van der Waals surface area contributed by atoms with Gasteiger partial charge in [0.05, 0.1) is 0 Å². The van der Waals surface area contributed by atoms with Crippen LogP contribution in [0.15, 0.2) is 43.0 Å². The maximum Gasteiger partial charge on any atom is 0 e. The summed E-state index contributed by atoms with van der Waals surface area (Å²) in [4.78, 5) is 0. The van der Waals surface area contributed by atoms with Crippen molar-refractivity contribution in [1.29, 1.82) is 0 Å². The molecule has 1 heteroatoms. The summed E-state index contributed by atoms with van der Waals surface area (Å²) in [7, 11) is 0. The van der Waals surface area contributed by atoms with Gasteiger partial charge in [0.1, 0.15) is 0 Å². The molecule has 50 valence electrons. The van der Waals surface area contributed by atoms with Crippen LogP contribution in [0.3, 0.4) is 0 Å². The van der Waals surface area contributed by atoms with Crippen molar-refractivity contribution in [2.45, 2.75) is 6.92 Å². The van der Waals surface area contributed by atoms with E-state index in [2.05, 4.69) is 12.6 Å². The van der Waals surface area contributed by atoms with E-state index >= 15 is 0 Å². The number of hydrogen-bond donors (Lipinski definition) is 0. The zero-order valence-corrected chi connectivity index (χ0v) is 9.35. The molecule has 0 atom stereocenters. The molecule has 1 rings (SSSR count). The van der Waals surface area contributed by atoms with Crippen molar-refractivity contribution in [3.63, 3.8) is 0 Å². The molecule has 1 aromatic rings. The second-order valence-corrected chi connectivity index (χ2v) is 1.49. The van der Waals surface area contributed by atoms with Crippen LogP contribution in [0, 0.1) is 6.07 Å². The van der Waals surface area contributed by atoms with Crippen molar-refractivity contribution in [2.24, 2.45) is 0 Å². The van der Waals surface area contributed by atoms with Gasteiger partial charge in [-0.2, -0.15) is 36.4 Å². The monoisotopic (exact) mass is 183 g/mol. The quantitative estimate of drug-likeness (QED) is 0.330. The Kier molecular flexibility index (Phi) is 14.0. The standard InChI is InChI=1S/C6H5.C3H6.Zn/c1-2-4-6-5-3-1;1-3-2;/h1-5H;3H,1H2,2H3;/q-1;;. The molecule has 0 fully saturated rings. The van der Waals surface area contributed by atoms with Gasteiger partial charge in [-0.1, -0.05) is 6.08 Å². The van der Waals surface area contributed by atoms with Crippen LogP contribution in [0.1, 0.15) is 6.92 Å². The van der Waals surface area contributed by atoms with Gasteiger partial charge in [-0.15, -0.1) is 6.58 Å². The van der Waals surface area contributed by atoms with E-state index in [1.807, 2.05) is 37.3 Å². The fourth-order valence-electron chi connectivity index (χ4n) is 0.342. The average Bonchev–Trinajstić information content (AvgIpc) is 1.93. The normalized spacial score (nSPS) is 6.10. The van der Waals surface area contributed by atoms with Crippen molar-refractivity contribution < 1.29 is 19.5 Å².